The monoisotopic (exact) mass is 354 g/mol. The quantitative estimate of drug-likeness (QED) is 0.504. The molecule has 1 fully saturated rings. The highest BCUT2D eigenvalue weighted by atomic mass is 16.5. The van der Waals surface area contributed by atoms with Crippen LogP contribution in [0.4, 0.5) is 5.69 Å². The zero-order valence-corrected chi connectivity index (χ0v) is 14.6. The van der Waals surface area contributed by atoms with E-state index < -0.39 is 5.41 Å². The average Bonchev–Trinajstić information content (AvgIpc) is 3.25. The van der Waals surface area contributed by atoms with E-state index in [0.29, 0.717) is 19.8 Å². The fourth-order valence-electron chi connectivity index (χ4n) is 3.58. The lowest BCUT2D eigenvalue weighted by Gasteiger charge is -2.22. The van der Waals surface area contributed by atoms with Gasteiger partial charge in [0.1, 0.15) is 5.41 Å². The second-order valence-electron chi connectivity index (χ2n) is 6.53. The number of carbonyl (C=O) groups excluding carboxylic acids is 2. The van der Waals surface area contributed by atoms with Crippen LogP contribution in [-0.2, 0) is 26.3 Å². The predicted octanol–water partition coefficient (Wildman–Crippen LogP) is 2.32. The van der Waals surface area contributed by atoms with E-state index in [1.165, 1.54) is 11.0 Å². The lowest BCUT2D eigenvalue weighted by atomic mass is 9.81. The van der Waals surface area contributed by atoms with Crippen LogP contribution in [0.15, 0.2) is 48.5 Å². The van der Waals surface area contributed by atoms with Crippen molar-refractivity contribution in [3.8, 4) is 0 Å². The molecule has 4 rings (SSSR count). The Morgan fingerprint density at radius 2 is 1.92 bits per heavy atom. The lowest BCUT2D eigenvalue weighted by molar-refractivity contribution is -0.123. The minimum atomic E-state index is -0.457. The number of para-hydroxylation sites is 1. The van der Waals surface area contributed by atoms with Crippen molar-refractivity contribution >= 4 is 18.0 Å². The summed E-state index contributed by atoms with van der Waals surface area (Å²) >= 11 is 0. The summed E-state index contributed by atoms with van der Waals surface area (Å²) in [5.41, 5.74) is 5.35. The van der Waals surface area contributed by atoms with E-state index in [0.717, 1.165) is 23.2 Å². The number of hydroxylamine groups is 1. The number of anilines is 1. The van der Waals surface area contributed by atoms with Crippen molar-refractivity contribution in [3.05, 3.63) is 65.2 Å². The highest BCUT2D eigenvalue weighted by Crippen LogP contribution is 2.46. The molecule has 1 spiro atoms. The first-order chi connectivity index (χ1) is 12.6. The van der Waals surface area contributed by atoms with Crippen molar-refractivity contribution < 1.29 is 19.5 Å². The fraction of sp³-hybridized carbons (Fsp3) is 0.300. The van der Waals surface area contributed by atoms with Gasteiger partial charge in [-0.1, -0.05) is 48.0 Å². The molecule has 0 radical (unpaired) electrons. The zero-order valence-electron chi connectivity index (χ0n) is 14.6. The van der Waals surface area contributed by atoms with E-state index in [-0.39, 0.29) is 12.3 Å². The van der Waals surface area contributed by atoms with Gasteiger partial charge in [-0.15, -0.1) is 0 Å². The largest absolute Gasteiger partial charge is 0.380 e. The van der Waals surface area contributed by atoms with Crippen LogP contribution < -0.4 is 10.4 Å². The Kier molecular flexibility index (Phi) is 5.35. The van der Waals surface area contributed by atoms with Crippen LogP contribution in [0.5, 0.6) is 0 Å². The number of ether oxygens (including phenoxy) is 1. The molecule has 1 unspecified atom stereocenters. The summed E-state index contributed by atoms with van der Waals surface area (Å²) in [6.45, 7) is 3.87. The Labute approximate surface area is 152 Å². The van der Waals surface area contributed by atoms with Gasteiger partial charge in [-0.25, -0.2) is 5.48 Å². The number of rotatable bonds is 3. The van der Waals surface area contributed by atoms with Gasteiger partial charge in [0.25, 0.3) is 0 Å². The number of fused-ring (bicyclic) bond motifs is 2. The highest BCUT2D eigenvalue weighted by molar-refractivity contribution is 6.08. The molecule has 26 heavy (non-hydrogen) atoms. The Morgan fingerprint density at radius 3 is 2.54 bits per heavy atom. The molecule has 2 N–H and O–H groups in total. The van der Waals surface area contributed by atoms with Gasteiger partial charge in [-0.3, -0.25) is 14.8 Å². The van der Waals surface area contributed by atoms with Crippen molar-refractivity contribution in [2.45, 2.75) is 25.3 Å². The molecule has 0 bridgehead atoms. The molecule has 2 aromatic rings. The summed E-state index contributed by atoms with van der Waals surface area (Å²) in [5.74, 6) is 0.187. The van der Waals surface area contributed by atoms with Crippen molar-refractivity contribution in [1.82, 2.24) is 5.48 Å². The first kappa shape index (κ1) is 18.1. The summed E-state index contributed by atoms with van der Waals surface area (Å²) in [6.07, 6.45) is 0.966. The minimum Gasteiger partial charge on any atom is -0.380 e. The molecular formula is C20H22N2O4. The molecule has 2 aromatic carbocycles. The second-order valence-corrected chi connectivity index (χ2v) is 6.53. The van der Waals surface area contributed by atoms with Crippen LogP contribution in [0.1, 0.15) is 23.1 Å². The molecule has 6 nitrogen and oxygen atoms in total. The molecule has 0 aliphatic carbocycles. The van der Waals surface area contributed by atoms with Gasteiger partial charge >= 0.3 is 0 Å². The normalized spacial score (nSPS) is 20.5. The summed E-state index contributed by atoms with van der Waals surface area (Å²) in [6, 6.07) is 16.5. The zero-order chi connectivity index (χ0) is 18.6. The van der Waals surface area contributed by atoms with Crippen LogP contribution in [0.25, 0.3) is 0 Å². The molecular weight excluding hydrogens is 332 g/mol. The molecule has 0 saturated carbocycles. The number of nitrogens with one attached hydrogen (secondary N) is 1. The molecule has 2 aliphatic rings. The summed E-state index contributed by atoms with van der Waals surface area (Å²) in [4.78, 5) is 23.8. The van der Waals surface area contributed by atoms with Gasteiger partial charge in [0.15, 0.2) is 0 Å². The van der Waals surface area contributed by atoms with Crippen molar-refractivity contribution in [3.63, 3.8) is 0 Å². The molecule has 2 heterocycles. The first-order valence-corrected chi connectivity index (χ1v) is 8.50. The van der Waals surface area contributed by atoms with Gasteiger partial charge in [0.05, 0.1) is 13.2 Å². The number of carbonyl (C=O) groups is 2. The molecule has 1 saturated heterocycles. The van der Waals surface area contributed by atoms with Crippen LogP contribution >= 0.6 is 0 Å². The predicted molar refractivity (Wildman–Crippen MR) is 96.9 cm³/mol. The third kappa shape index (κ3) is 3.21. The van der Waals surface area contributed by atoms with Crippen LogP contribution in [0.3, 0.4) is 0 Å². The summed E-state index contributed by atoms with van der Waals surface area (Å²) in [7, 11) is 0. The summed E-state index contributed by atoms with van der Waals surface area (Å²) in [5, 5.41) is 7.26. The molecule has 136 valence electrons. The molecule has 6 heteroatoms. The maximum absolute atomic E-state index is 13.1. The van der Waals surface area contributed by atoms with Crippen molar-refractivity contribution in [1.29, 1.82) is 0 Å². The standard InChI is InChI=1S/C19H19NO2.CH3NO2/c1-14-6-8-15(9-7-14)12-20-17-5-3-2-4-16(17)19(18(20)21)10-11-22-13-19;3-1-2-4/h2-9H,10-13H2,1H3;1,4H,(H,2,3). The number of nitrogens with zero attached hydrogens (tertiary/aromatic N) is 1. The van der Waals surface area contributed by atoms with Gasteiger partial charge < -0.3 is 9.64 Å². The molecule has 2 aliphatic heterocycles. The van der Waals surface area contributed by atoms with E-state index in [1.807, 2.05) is 17.0 Å². The Balaban J connectivity index is 0.000000447. The van der Waals surface area contributed by atoms with Crippen LogP contribution in [0, 0.1) is 6.92 Å². The van der Waals surface area contributed by atoms with E-state index in [1.54, 1.807) is 0 Å². The van der Waals surface area contributed by atoms with Gasteiger partial charge in [-0.05, 0) is 30.5 Å². The highest BCUT2D eigenvalue weighted by Gasteiger charge is 2.52. The lowest BCUT2D eigenvalue weighted by Crippen LogP contribution is -2.40. The number of hydrogen-bond acceptors (Lipinski definition) is 4. The summed E-state index contributed by atoms with van der Waals surface area (Å²) < 4.78 is 5.58. The smallest absolute Gasteiger partial charge is 0.240 e. The van der Waals surface area contributed by atoms with Crippen molar-refractivity contribution in [2.24, 2.45) is 0 Å². The van der Waals surface area contributed by atoms with Crippen LogP contribution in [-0.4, -0.2) is 30.7 Å². The molecule has 1 atom stereocenters. The van der Waals surface area contributed by atoms with Gasteiger partial charge in [-0.2, -0.15) is 0 Å². The van der Waals surface area contributed by atoms with Crippen molar-refractivity contribution in [2.75, 3.05) is 18.1 Å². The minimum absolute atomic E-state index is 0.181. The Hall–Kier alpha value is -2.70. The fourth-order valence-corrected chi connectivity index (χ4v) is 3.58. The molecule has 0 aromatic heterocycles. The average molecular weight is 354 g/mol. The van der Waals surface area contributed by atoms with Gasteiger partial charge in [0, 0.05) is 12.3 Å². The van der Waals surface area contributed by atoms with Gasteiger partial charge in [0.2, 0.25) is 12.3 Å². The topological polar surface area (TPSA) is 78.9 Å². The Bertz CT molecular complexity index is 783. The van der Waals surface area contributed by atoms with E-state index >= 15 is 0 Å². The van der Waals surface area contributed by atoms with E-state index in [2.05, 4.69) is 43.3 Å². The number of amides is 2. The SMILES string of the molecule is Cc1ccc(CN2C(=O)C3(CCOC3)c3ccccc32)cc1.O=CNO. The van der Waals surface area contributed by atoms with Crippen LogP contribution in [0.2, 0.25) is 0 Å². The number of benzene rings is 2. The van der Waals surface area contributed by atoms with E-state index in [9.17, 15) is 4.79 Å². The number of hydrogen-bond donors (Lipinski definition) is 2. The molecule has 2 amide bonds. The maximum atomic E-state index is 13.1. The third-order valence-corrected chi connectivity index (χ3v) is 4.90. The Morgan fingerprint density at radius 1 is 1.23 bits per heavy atom. The maximum Gasteiger partial charge on any atom is 0.240 e. The second kappa shape index (κ2) is 7.68. The first-order valence-electron chi connectivity index (χ1n) is 8.50. The number of aryl methyl sites for hydroxylation is 1. The van der Waals surface area contributed by atoms with E-state index in [4.69, 9.17) is 14.7 Å². The third-order valence-electron chi connectivity index (χ3n) is 4.90.